The fourth-order valence-electron chi connectivity index (χ4n) is 3.17. The number of rotatable bonds is 5. The maximum absolute atomic E-state index is 12.6. The van der Waals surface area contributed by atoms with E-state index in [9.17, 15) is 9.59 Å². The molecule has 0 aliphatic heterocycles. The summed E-state index contributed by atoms with van der Waals surface area (Å²) in [5.74, 6) is -0.158. The molecule has 2 aromatic rings. The zero-order valence-electron chi connectivity index (χ0n) is 15.8. The van der Waals surface area contributed by atoms with Gasteiger partial charge in [0.15, 0.2) is 11.6 Å². The number of Topliss-reactive ketones (excluding diaryl/α,β-unsaturated/α-hetero) is 2. The summed E-state index contributed by atoms with van der Waals surface area (Å²) in [6.07, 6.45) is 6.45. The Labute approximate surface area is 158 Å². The van der Waals surface area contributed by atoms with E-state index in [-0.39, 0.29) is 34.9 Å². The standard InChI is InChI=1S/C21H22N4O2/c1-13(26)17-5-4-15(10-18(27)20-23-12-16(11-22)24-20)19(25-17)14-6-8-21(2,3)9-7-14/h4-6,12H,7-10H2,1-3H3,(H,23,24). The highest BCUT2D eigenvalue weighted by Crippen LogP contribution is 2.38. The smallest absolute Gasteiger partial charge is 0.202 e. The first-order valence-electron chi connectivity index (χ1n) is 8.97. The highest BCUT2D eigenvalue weighted by molar-refractivity contribution is 5.96. The molecule has 3 rings (SSSR count). The van der Waals surface area contributed by atoms with Crippen molar-refractivity contribution in [2.75, 3.05) is 0 Å². The van der Waals surface area contributed by atoms with Crippen LogP contribution in [-0.2, 0) is 6.42 Å². The number of nitrogens with one attached hydrogen (secondary N) is 1. The molecule has 1 aliphatic rings. The van der Waals surface area contributed by atoms with Crippen LogP contribution < -0.4 is 0 Å². The molecule has 0 spiro atoms. The predicted molar refractivity (Wildman–Crippen MR) is 101 cm³/mol. The van der Waals surface area contributed by atoms with Crippen LogP contribution in [-0.4, -0.2) is 26.5 Å². The monoisotopic (exact) mass is 362 g/mol. The molecule has 0 saturated heterocycles. The Kier molecular flexibility index (Phi) is 5.04. The van der Waals surface area contributed by atoms with E-state index in [4.69, 9.17) is 5.26 Å². The summed E-state index contributed by atoms with van der Waals surface area (Å²) < 4.78 is 0. The number of carbonyl (C=O) groups is 2. The Bertz CT molecular complexity index is 976. The lowest BCUT2D eigenvalue weighted by Gasteiger charge is -2.29. The van der Waals surface area contributed by atoms with Crippen molar-refractivity contribution < 1.29 is 9.59 Å². The van der Waals surface area contributed by atoms with Crippen molar-refractivity contribution in [3.8, 4) is 6.07 Å². The molecule has 0 amide bonds. The van der Waals surface area contributed by atoms with Gasteiger partial charge in [-0.2, -0.15) is 5.26 Å². The van der Waals surface area contributed by atoms with Crippen molar-refractivity contribution in [1.82, 2.24) is 15.0 Å². The van der Waals surface area contributed by atoms with E-state index in [0.29, 0.717) is 5.69 Å². The van der Waals surface area contributed by atoms with E-state index in [1.807, 2.05) is 6.07 Å². The van der Waals surface area contributed by atoms with Crippen LogP contribution in [0.25, 0.3) is 5.57 Å². The van der Waals surface area contributed by atoms with Gasteiger partial charge < -0.3 is 4.98 Å². The Morgan fingerprint density at radius 2 is 2.11 bits per heavy atom. The van der Waals surface area contributed by atoms with Gasteiger partial charge in [-0.25, -0.2) is 9.97 Å². The number of aromatic nitrogens is 3. The van der Waals surface area contributed by atoms with Gasteiger partial charge in [-0.3, -0.25) is 9.59 Å². The summed E-state index contributed by atoms with van der Waals surface area (Å²) in [6, 6.07) is 5.38. The van der Waals surface area contributed by atoms with Crippen LogP contribution >= 0.6 is 0 Å². The average molecular weight is 362 g/mol. The zero-order chi connectivity index (χ0) is 19.6. The minimum atomic E-state index is -0.216. The minimum Gasteiger partial charge on any atom is -0.327 e. The van der Waals surface area contributed by atoms with Gasteiger partial charge >= 0.3 is 0 Å². The first-order valence-corrected chi connectivity index (χ1v) is 8.97. The number of pyridine rings is 1. The quantitative estimate of drug-likeness (QED) is 0.813. The molecule has 27 heavy (non-hydrogen) atoms. The minimum absolute atomic E-state index is 0.101. The molecule has 0 atom stereocenters. The third kappa shape index (κ3) is 4.20. The topological polar surface area (TPSA) is 99.5 Å². The highest BCUT2D eigenvalue weighted by atomic mass is 16.1. The van der Waals surface area contributed by atoms with Crippen LogP contribution in [0.4, 0.5) is 0 Å². The van der Waals surface area contributed by atoms with E-state index < -0.39 is 0 Å². The molecule has 2 heterocycles. The summed E-state index contributed by atoms with van der Waals surface area (Å²) in [5, 5.41) is 8.88. The Hall–Kier alpha value is -3.07. The number of H-pyrrole nitrogens is 1. The van der Waals surface area contributed by atoms with Gasteiger partial charge in [-0.1, -0.05) is 26.0 Å². The second-order valence-corrected chi connectivity index (χ2v) is 7.72. The normalized spacial score (nSPS) is 15.7. The highest BCUT2D eigenvalue weighted by Gasteiger charge is 2.25. The SMILES string of the molecule is CC(=O)c1ccc(CC(=O)c2ncc(C#N)[nH]2)c(C2=CCC(C)(C)CC2)n1. The lowest BCUT2D eigenvalue weighted by Crippen LogP contribution is -2.16. The first kappa shape index (κ1) is 18.7. The molecule has 0 radical (unpaired) electrons. The fourth-order valence-corrected chi connectivity index (χ4v) is 3.17. The number of hydrogen-bond donors (Lipinski definition) is 1. The molecule has 6 nitrogen and oxygen atoms in total. The van der Waals surface area contributed by atoms with Crippen LogP contribution in [0.1, 0.15) is 78.1 Å². The third-order valence-corrected chi connectivity index (χ3v) is 4.93. The maximum atomic E-state index is 12.6. The van der Waals surface area contributed by atoms with Crippen LogP contribution in [0.2, 0.25) is 0 Å². The number of carbonyl (C=O) groups excluding carboxylic acids is 2. The molecule has 0 aromatic carbocycles. The van der Waals surface area contributed by atoms with Gasteiger partial charge in [0, 0.05) is 13.3 Å². The lowest BCUT2D eigenvalue weighted by molar-refractivity contribution is 0.0982. The Morgan fingerprint density at radius 3 is 2.70 bits per heavy atom. The molecular formula is C21H22N4O2. The number of nitrogens with zero attached hydrogens (tertiary/aromatic N) is 3. The number of aromatic amines is 1. The van der Waals surface area contributed by atoms with Crippen molar-refractivity contribution in [2.45, 2.75) is 46.5 Å². The molecule has 0 saturated carbocycles. The van der Waals surface area contributed by atoms with Gasteiger partial charge in [-0.05, 0) is 41.9 Å². The molecule has 2 aromatic heterocycles. The summed E-state index contributed by atoms with van der Waals surface area (Å²) in [4.78, 5) is 35.6. The zero-order valence-corrected chi connectivity index (χ0v) is 15.8. The van der Waals surface area contributed by atoms with Gasteiger partial charge in [0.05, 0.1) is 11.9 Å². The number of nitriles is 1. The van der Waals surface area contributed by atoms with Crippen LogP contribution in [0.3, 0.4) is 0 Å². The maximum Gasteiger partial charge on any atom is 0.202 e. The van der Waals surface area contributed by atoms with Crippen molar-refractivity contribution in [1.29, 1.82) is 5.26 Å². The van der Waals surface area contributed by atoms with Gasteiger partial charge in [0.2, 0.25) is 5.78 Å². The molecule has 0 unspecified atom stereocenters. The molecule has 0 fully saturated rings. The van der Waals surface area contributed by atoms with Crippen molar-refractivity contribution >= 4 is 17.1 Å². The number of hydrogen-bond acceptors (Lipinski definition) is 5. The average Bonchev–Trinajstić information content (AvgIpc) is 3.11. The van der Waals surface area contributed by atoms with E-state index >= 15 is 0 Å². The van der Waals surface area contributed by atoms with Crippen molar-refractivity contribution in [3.63, 3.8) is 0 Å². The van der Waals surface area contributed by atoms with Gasteiger partial charge in [0.1, 0.15) is 17.5 Å². The number of imidazole rings is 1. The largest absolute Gasteiger partial charge is 0.327 e. The second-order valence-electron chi connectivity index (χ2n) is 7.72. The van der Waals surface area contributed by atoms with Crippen molar-refractivity contribution in [2.24, 2.45) is 5.41 Å². The molecule has 1 aliphatic carbocycles. The molecule has 0 bridgehead atoms. The predicted octanol–water partition coefficient (Wildman–Crippen LogP) is 3.90. The summed E-state index contributed by atoms with van der Waals surface area (Å²) in [5.41, 5.74) is 3.47. The summed E-state index contributed by atoms with van der Waals surface area (Å²) in [6.45, 7) is 5.95. The fraction of sp³-hybridized carbons (Fsp3) is 0.381. The second kappa shape index (κ2) is 7.28. The Balaban J connectivity index is 1.95. The molecule has 138 valence electrons. The van der Waals surface area contributed by atoms with E-state index in [1.54, 1.807) is 12.1 Å². The third-order valence-electron chi connectivity index (χ3n) is 4.93. The van der Waals surface area contributed by atoms with Crippen molar-refractivity contribution in [3.05, 3.63) is 52.9 Å². The number of ketones is 2. The molecular weight excluding hydrogens is 340 g/mol. The van der Waals surface area contributed by atoms with Gasteiger partial charge in [0.25, 0.3) is 0 Å². The van der Waals surface area contributed by atoms with E-state index in [2.05, 4.69) is 34.9 Å². The lowest BCUT2D eigenvalue weighted by atomic mass is 9.77. The van der Waals surface area contributed by atoms with E-state index in [0.717, 1.165) is 36.1 Å². The molecule has 6 heteroatoms. The van der Waals surface area contributed by atoms with Gasteiger partial charge in [-0.15, -0.1) is 0 Å². The molecule has 1 N–H and O–H groups in total. The van der Waals surface area contributed by atoms with E-state index in [1.165, 1.54) is 13.1 Å². The number of allylic oxidation sites excluding steroid dienone is 2. The first-order chi connectivity index (χ1) is 12.8. The van der Waals surface area contributed by atoms with Crippen LogP contribution in [0, 0.1) is 16.7 Å². The van der Waals surface area contributed by atoms with Crippen LogP contribution in [0.15, 0.2) is 24.4 Å². The summed E-state index contributed by atoms with van der Waals surface area (Å²) >= 11 is 0. The summed E-state index contributed by atoms with van der Waals surface area (Å²) in [7, 11) is 0. The Morgan fingerprint density at radius 1 is 1.33 bits per heavy atom. The van der Waals surface area contributed by atoms with Crippen LogP contribution in [0.5, 0.6) is 0 Å².